The fourth-order valence-electron chi connectivity index (χ4n) is 3.95. The van der Waals surface area contributed by atoms with E-state index in [2.05, 4.69) is 20.8 Å². The number of phenols is 1. The van der Waals surface area contributed by atoms with Crippen molar-refractivity contribution in [1.82, 2.24) is 4.57 Å². The maximum absolute atomic E-state index is 13.5. The van der Waals surface area contributed by atoms with Crippen LogP contribution in [0.4, 0.5) is 0 Å². The number of ether oxygens (including phenoxy) is 2. The number of aromatic nitrogens is 1. The number of benzene rings is 1. The van der Waals surface area contributed by atoms with Crippen LogP contribution in [0, 0.1) is 0 Å². The Kier molecular flexibility index (Phi) is 12.1. The molecule has 0 saturated carbocycles. The van der Waals surface area contributed by atoms with Gasteiger partial charge >= 0.3 is 0 Å². The van der Waals surface area contributed by atoms with E-state index in [-0.39, 0.29) is 11.3 Å². The fourth-order valence-corrected chi connectivity index (χ4v) is 3.95. The molecule has 0 aliphatic heterocycles. The normalized spacial score (nSPS) is 11.2. The second-order valence-electron chi connectivity index (χ2n) is 8.70. The molecule has 0 aliphatic carbocycles. The molecule has 5 heteroatoms. The molecule has 0 radical (unpaired) electrons. The van der Waals surface area contributed by atoms with Crippen molar-refractivity contribution in [3.05, 3.63) is 28.6 Å². The average molecular weight is 446 g/mol. The smallest absolute Gasteiger partial charge is 0.297 e. The molecule has 180 valence electrons. The van der Waals surface area contributed by atoms with E-state index in [1.165, 1.54) is 38.5 Å². The number of aryl methyl sites for hydroxylation is 1. The van der Waals surface area contributed by atoms with Crippen LogP contribution in [0.15, 0.2) is 23.0 Å². The number of hydrogen-bond acceptors (Lipinski definition) is 4. The Morgan fingerprint density at radius 3 is 2.06 bits per heavy atom. The Labute approximate surface area is 193 Å². The first-order valence-corrected chi connectivity index (χ1v) is 12.8. The number of pyridine rings is 1. The third kappa shape index (κ3) is 7.75. The quantitative estimate of drug-likeness (QED) is 0.261. The summed E-state index contributed by atoms with van der Waals surface area (Å²) in [5.41, 5.74) is 0.561. The van der Waals surface area contributed by atoms with Crippen LogP contribution in [0.3, 0.4) is 0 Å². The molecule has 0 fully saturated rings. The van der Waals surface area contributed by atoms with Gasteiger partial charge in [0.1, 0.15) is 5.75 Å². The maximum atomic E-state index is 13.5. The molecule has 0 spiro atoms. The molecule has 0 aliphatic rings. The van der Waals surface area contributed by atoms with Crippen LogP contribution in [0.5, 0.6) is 17.2 Å². The summed E-state index contributed by atoms with van der Waals surface area (Å²) in [5, 5.41) is 11.0. The molecule has 2 rings (SSSR count). The van der Waals surface area contributed by atoms with Gasteiger partial charge in [-0.25, -0.2) is 0 Å². The molecular formula is C27H43NO4. The number of hydrogen-bond donors (Lipinski definition) is 1. The molecule has 1 N–H and O–H groups in total. The predicted octanol–water partition coefficient (Wildman–Crippen LogP) is 7.21. The van der Waals surface area contributed by atoms with E-state index in [0.29, 0.717) is 31.3 Å². The van der Waals surface area contributed by atoms with Crippen LogP contribution in [0.25, 0.3) is 10.9 Å². The first-order valence-electron chi connectivity index (χ1n) is 12.8. The molecule has 0 unspecified atom stereocenters. The van der Waals surface area contributed by atoms with Crippen LogP contribution in [0.1, 0.15) is 97.8 Å². The van der Waals surface area contributed by atoms with Gasteiger partial charge in [-0.1, -0.05) is 78.6 Å². The Hall–Kier alpha value is -2.17. The van der Waals surface area contributed by atoms with Crippen molar-refractivity contribution >= 4 is 10.9 Å². The highest BCUT2D eigenvalue weighted by Gasteiger charge is 2.20. The van der Waals surface area contributed by atoms with Gasteiger partial charge in [-0.05, 0) is 31.4 Å². The van der Waals surface area contributed by atoms with E-state index >= 15 is 0 Å². The minimum absolute atomic E-state index is 0.155. The third-order valence-electron chi connectivity index (χ3n) is 5.89. The van der Waals surface area contributed by atoms with Crippen LogP contribution in [-0.4, -0.2) is 22.9 Å². The van der Waals surface area contributed by atoms with Gasteiger partial charge in [0.25, 0.3) is 5.56 Å². The van der Waals surface area contributed by atoms with Crippen molar-refractivity contribution in [3.8, 4) is 17.2 Å². The van der Waals surface area contributed by atoms with Gasteiger partial charge in [0, 0.05) is 18.0 Å². The van der Waals surface area contributed by atoms with Gasteiger partial charge in [-0.2, -0.15) is 0 Å². The molecule has 1 aromatic carbocycles. The van der Waals surface area contributed by atoms with Crippen molar-refractivity contribution in [2.45, 2.75) is 104 Å². The van der Waals surface area contributed by atoms with E-state index in [4.69, 9.17) is 9.47 Å². The standard InChI is InChI=1S/C27H43NO4/c1-4-7-10-12-13-14-18-28-24-21-22(29)16-17-23(24)25(31-20-15-11-8-5-2)26(27(28)30)32-19-9-6-3/h16-17,21,29H,4-15,18-20H2,1-3H3. The molecule has 32 heavy (non-hydrogen) atoms. The minimum Gasteiger partial charge on any atom is -0.508 e. The lowest BCUT2D eigenvalue weighted by Gasteiger charge is -2.19. The van der Waals surface area contributed by atoms with E-state index in [1.807, 2.05) is 6.07 Å². The zero-order valence-electron chi connectivity index (χ0n) is 20.5. The number of fused-ring (bicyclic) bond motifs is 1. The molecule has 5 nitrogen and oxygen atoms in total. The first-order chi connectivity index (χ1) is 15.6. The second-order valence-corrected chi connectivity index (χ2v) is 8.70. The molecule has 1 aromatic heterocycles. The number of rotatable bonds is 17. The summed E-state index contributed by atoms with van der Waals surface area (Å²) in [5.74, 6) is 0.997. The number of nitrogens with zero attached hydrogens (tertiary/aromatic N) is 1. The topological polar surface area (TPSA) is 60.7 Å². The first kappa shape index (κ1) is 26.1. The number of phenolic OH excluding ortho intramolecular Hbond substituents is 1. The molecule has 0 atom stereocenters. The lowest BCUT2D eigenvalue weighted by molar-refractivity contribution is 0.258. The van der Waals surface area contributed by atoms with E-state index in [1.54, 1.807) is 16.7 Å². The van der Waals surface area contributed by atoms with Gasteiger partial charge < -0.3 is 19.1 Å². The van der Waals surface area contributed by atoms with Gasteiger partial charge in [-0.15, -0.1) is 0 Å². The molecular weight excluding hydrogens is 402 g/mol. The SMILES string of the molecule is CCCCCCCCn1c(=O)c(OCCCC)c(OCCCCCC)c2ccc(O)cc21. The lowest BCUT2D eigenvalue weighted by atomic mass is 10.1. The molecule has 0 bridgehead atoms. The second kappa shape index (κ2) is 14.8. The summed E-state index contributed by atoms with van der Waals surface area (Å²) in [4.78, 5) is 13.5. The predicted molar refractivity (Wildman–Crippen MR) is 133 cm³/mol. The minimum atomic E-state index is -0.156. The summed E-state index contributed by atoms with van der Waals surface area (Å²) >= 11 is 0. The average Bonchev–Trinajstić information content (AvgIpc) is 2.79. The molecule has 1 heterocycles. The van der Waals surface area contributed by atoms with Gasteiger partial charge in [0.05, 0.1) is 18.7 Å². The van der Waals surface area contributed by atoms with Crippen LogP contribution in [0.2, 0.25) is 0 Å². The fraction of sp³-hybridized carbons (Fsp3) is 0.667. The van der Waals surface area contributed by atoms with Crippen molar-refractivity contribution in [2.24, 2.45) is 0 Å². The van der Waals surface area contributed by atoms with Crippen molar-refractivity contribution in [1.29, 1.82) is 0 Å². The Bertz CT molecular complexity index is 859. The molecule has 0 amide bonds. The summed E-state index contributed by atoms with van der Waals surface area (Å²) < 4.78 is 13.9. The van der Waals surface area contributed by atoms with Crippen LogP contribution < -0.4 is 15.0 Å². The summed E-state index contributed by atoms with van der Waals surface area (Å²) in [6.07, 6.45) is 13.2. The van der Waals surface area contributed by atoms with E-state index < -0.39 is 0 Å². The zero-order valence-corrected chi connectivity index (χ0v) is 20.5. The summed E-state index contributed by atoms with van der Waals surface area (Å²) in [6, 6.07) is 5.17. The van der Waals surface area contributed by atoms with Gasteiger partial charge in [0.2, 0.25) is 5.75 Å². The number of unbranched alkanes of at least 4 members (excludes halogenated alkanes) is 9. The van der Waals surface area contributed by atoms with Crippen molar-refractivity contribution in [3.63, 3.8) is 0 Å². The van der Waals surface area contributed by atoms with E-state index in [9.17, 15) is 9.90 Å². The Morgan fingerprint density at radius 2 is 1.34 bits per heavy atom. The van der Waals surface area contributed by atoms with Gasteiger partial charge in [-0.3, -0.25) is 4.79 Å². The molecule has 0 saturated heterocycles. The molecule has 2 aromatic rings. The van der Waals surface area contributed by atoms with E-state index in [0.717, 1.165) is 49.4 Å². The van der Waals surface area contributed by atoms with Crippen molar-refractivity contribution in [2.75, 3.05) is 13.2 Å². The lowest BCUT2D eigenvalue weighted by Crippen LogP contribution is -2.24. The summed E-state index contributed by atoms with van der Waals surface area (Å²) in [7, 11) is 0. The largest absolute Gasteiger partial charge is 0.508 e. The number of aromatic hydroxyl groups is 1. The van der Waals surface area contributed by atoms with Crippen molar-refractivity contribution < 1.29 is 14.6 Å². The summed E-state index contributed by atoms with van der Waals surface area (Å²) in [6.45, 7) is 8.18. The highest BCUT2D eigenvalue weighted by molar-refractivity contribution is 5.89. The monoisotopic (exact) mass is 445 g/mol. The zero-order chi connectivity index (χ0) is 23.2. The van der Waals surface area contributed by atoms with Gasteiger partial charge in [0.15, 0.2) is 5.75 Å². The van der Waals surface area contributed by atoms with Crippen LogP contribution >= 0.6 is 0 Å². The van der Waals surface area contributed by atoms with Crippen LogP contribution in [-0.2, 0) is 6.54 Å². The highest BCUT2D eigenvalue weighted by Crippen LogP contribution is 2.35. The highest BCUT2D eigenvalue weighted by atomic mass is 16.5. The maximum Gasteiger partial charge on any atom is 0.297 e. The Balaban J connectivity index is 2.34. The Morgan fingerprint density at radius 1 is 0.750 bits per heavy atom. The third-order valence-corrected chi connectivity index (χ3v) is 5.89.